The van der Waals surface area contributed by atoms with E-state index in [2.05, 4.69) is 4.98 Å². The number of aromatic hydroxyl groups is 1. The zero-order valence-corrected chi connectivity index (χ0v) is 7.23. The first kappa shape index (κ1) is 10.3. The Balaban J connectivity index is 2.87. The molecule has 0 saturated carbocycles. The van der Waals surface area contributed by atoms with Gasteiger partial charge in [0.1, 0.15) is 6.04 Å². The molecule has 0 bridgehead atoms. The summed E-state index contributed by atoms with van der Waals surface area (Å²) in [7, 11) is 0. The minimum atomic E-state index is -1.15. The summed E-state index contributed by atoms with van der Waals surface area (Å²) < 4.78 is 0. The Morgan fingerprint density at radius 1 is 1.57 bits per heavy atom. The Bertz CT molecular complexity index is 399. The zero-order chi connectivity index (χ0) is 10.7. The Morgan fingerprint density at radius 2 is 2.21 bits per heavy atom. The molecule has 0 aliphatic carbocycles. The van der Waals surface area contributed by atoms with E-state index in [0.717, 1.165) is 0 Å². The maximum Gasteiger partial charge on any atom is 0.320 e. The van der Waals surface area contributed by atoms with E-state index in [1.54, 1.807) is 0 Å². The lowest BCUT2D eigenvalue weighted by molar-refractivity contribution is -0.138. The fourth-order valence-corrected chi connectivity index (χ4v) is 1.04. The van der Waals surface area contributed by atoms with E-state index in [9.17, 15) is 9.59 Å². The van der Waals surface area contributed by atoms with E-state index in [0.29, 0.717) is 5.56 Å². The average molecular weight is 198 g/mol. The van der Waals surface area contributed by atoms with Crippen LogP contribution in [0.3, 0.4) is 0 Å². The highest BCUT2D eigenvalue weighted by Gasteiger charge is 2.12. The molecule has 0 fully saturated rings. The molecule has 1 atom stereocenters. The third kappa shape index (κ3) is 2.60. The van der Waals surface area contributed by atoms with Gasteiger partial charge in [0, 0.05) is 12.1 Å². The molecule has 1 rings (SSSR count). The smallest absolute Gasteiger partial charge is 0.320 e. The normalized spacial score (nSPS) is 12.4. The van der Waals surface area contributed by atoms with Crippen molar-refractivity contribution in [3.8, 4) is 5.88 Å². The number of carboxylic acid groups (broad SMARTS) is 1. The Morgan fingerprint density at radius 3 is 2.71 bits per heavy atom. The van der Waals surface area contributed by atoms with Crippen LogP contribution in [0.2, 0.25) is 0 Å². The van der Waals surface area contributed by atoms with Crippen LogP contribution in [-0.4, -0.2) is 27.2 Å². The van der Waals surface area contributed by atoms with Crippen molar-refractivity contribution < 1.29 is 15.0 Å². The summed E-state index contributed by atoms with van der Waals surface area (Å²) in [6.07, 6.45) is 0.00676. The quantitative estimate of drug-likeness (QED) is 0.498. The van der Waals surface area contributed by atoms with Gasteiger partial charge in [0.05, 0.1) is 0 Å². The molecular weight excluding hydrogens is 188 g/mol. The van der Waals surface area contributed by atoms with E-state index < -0.39 is 17.6 Å². The third-order valence-corrected chi connectivity index (χ3v) is 1.66. The van der Waals surface area contributed by atoms with Crippen LogP contribution >= 0.6 is 0 Å². The topological polar surface area (TPSA) is 116 Å². The van der Waals surface area contributed by atoms with Gasteiger partial charge in [-0.25, -0.2) is 0 Å². The van der Waals surface area contributed by atoms with Gasteiger partial charge in [-0.2, -0.15) is 0 Å². The number of hydrogen-bond donors (Lipinski definition) is 4. The Labute approximate surface area is 79.0 Å². The fraction of sp³-hybridized carbons (Fsp3) is 0.250. The first-order valence-corrected chi connectivity index (χ1v) is 3.89. The summed E-state index contributed by atoms with van der Waals surface area (Å²) in [6.45, 7) is 0. The monoisotopic (exact) mass is 198 g/mol. The molecule has 6 nitrogen and oxygen atoms in total. The number of nitrogens with one attached hydrogen (secondary N) is 1. The molecule has 0 aliphatic rings. The van der Waals surface area contributed by atoms with Gasteiger partial charge in [0.15, 0.2) is 5.88 Å². The summed E-state index contributed by atoms with van der Waals surface area (Å²) in [5.74, 6) is -1.45. The highest BCUT2D eigenvalue weighted by molar-refractivity contribution is 5.73. The number of aromatic nitrogens is 1. The molecule has 0 spiro atoms. The molecule has 76 valence electrons. The number of H-pyrrole nitrogens is 1. The molecule has 0 saturated heterocycles. The van der Waals surface area contributed by atoms with Crippen molar-refractivity contribution in [1.82, 2.24) is 4.98 Å². The number of hydrogen-bond acceptors (Lipinski definition) is 4. The molecule has 1 aromatic heterocycles. The predicted octanol–water partition coefficient (Wildman–Crippen LogP) is -0.965. The van der Waals surface area contributed by atoms with Crippen molar-refractivity contribution in [2.45, 2.75) is 12.5 Å². The minimum Gasteiger partial charge on any atom is -0.495 e. The molecule has 1 aromatic rings. The second-order valence-electron chi connectivity index (χ2n) is 2.89. The lowest BCUT2D eigenvalue weighted by Gasteiger charge is -2.05. The van der Waals surface area contributed by atoms with Gasteiger partial charge in [-0.15, -0.1) is 0 Å². The molecule has 0 unspecified atom stereocenters. The van der Waals surface area contributed by atoms with Crippen molar-refractivity contribution in [3.63, 3.8) is 0 Å². The molecule has 0 amide bonds. The number of carbonyl (C=O) groups is 1. The van der Waals surface area contributed by atoms with Crippen LogP contribution in [0.4, 0.5) is 0 Å². The minimum absolute atomic E-state index is 0.00676. The van der Waals surface area contributed by atoms with E-state index in [1.807, 2.05) is 0 Å². The van der Waals surface area contributed by atoms with Crippen LogP contribution in [0.1, 0.15) is 5.56 Å². The molecule has 14 heavy (non-hydrogen) atoms. The van der Waals surface area contributed by atoms with Crippen molar-refractivity contribution in [2.75, 3.05) is 0 Å². The Kier molecular flexibility index (Phi) is 2.88. The van der Waals surface area contributed by atoms with Gasteiger partial charge in [-0.3, -0.25) is 14.6 Å². The van der Waals surface area contributed by atoms with Crippen LogP contribution < -0.4 is 11.3 Å². The number of aliphatic carboxylic acids is 1. The maximum atomic E-state index is 10.9. The third-order valence-electron chi connectivity index (χ3n) is 1.66. The first-order chi connectivity index (χ1) is 6.49. The Hall–Kier alpha value is -1.82. The highest BCUT2D eigenvalue weighted by atomic mass is 16.4. The summed E-state index contributed by atoms with van der Waals surface area (Å²) in [6, 6.07) is 1.39. The fourth-order valence-electron chi connectivity index (χ4n) is 1.04. The van der Waals surface area contributed by atoms with Crippen molar-refractivity contribution in [1.29, 1.82) is 0 Å². The summed E-state index contributed by atoms with van der Waals surface area (Å²) in [5, 5.41) is 17.5. The molecule has 1 heterocycles. The SMILES string of the molecule is N[C@H](Cc1cc(O)[nH]c(=O)c1)C(=O)O. The summed E-state index contributed by atoms with van der Waals surface area (Å²) in [5.41, 5.74) is 5.16. The van der Waals surface area contributed by atoms with E-state index in [-0.39, 0.29) is 12.3 Å². The maximum absolute atomic E-state index is 10.9. The van der Waals surface area contributed by atoms with Gasteiger partial charge in [-0.1, -0.05) is 0 Å². The van der Waals surface area contributed by atoms with Crippen molar-refractivity contribution >= 4 is 5.97 Å². The molecular formula is C8H10N2O4. The standard InChI is InChI=1S/C8H10N2O4/c9-5(8(13)14)1-4-2-6(11)10-7(12)3-4/h2-3,5H,1,9H2,(H,13,14)(H2,10,11,12)/t5-/m1/s1. The van der Waals surface area contributed by atoms with Crippen LogP contribution in [-0.2, 0) is 11.2 Å². The van der Waals surface area contributed by atoms with Gasteiger partial charge in [0.2, 0.25) is 0 Å². The van der Waals surface area contributed by atoms with E-state index >= 15 is 0 Å². The van der Waals surface area contributed by atoms with Gasteiger partial charge < -0.3 is 15.9 Å². The van der Waals surface area contributed by atoms with Crippen LogP contribution in [0.25, 0.3) is 0 Å². The summed E-state index contributed by atoms with van der Waals surface area (Å²) in [4.78, 5) is 23.4. The number of carboxylic acids is 1. The first-order valence-electron chi connectivity index (χ1n) is 3.89. The zero-order valence-electron chi connectivity index (χ0n) is 7.23. The predicted molar refractivity (Wildman–Crippen MR) is 48.0 cm³/mol. The second-order valence-corrected chi connectivity index (χ2v) is 2.89. The van der Waals surface area contributed by atoms with Crippen molar-refractivity contribution in [3.05, 3.63) is 28.0 Å². The van der Waals surface area contributed by atoms with Crippen LogP contribution in [0.5, 0.6) is 5.88 Å². The number of rotatable bonds is 3. The summed E-state index contributed by atoms with van der Waals surface area (Å²) >= 11 is 0. The van der Waals surface area contributed by atoms with Crippen LogP contribution in [0.15, 0.2) is 16.9 Å². The number of nitrogens with two attached hydrogens (primary N) is 1. The molecule has 5 N–H and O–H groups in total. The largest absolute Gasteiger partial charge is 0.495 e. The number of pyridine rings is 1. The van der Waals surface area contributed by atoms with Gasteiger partial charge in [-0.05, 0) is 12.0 Å². The van der Waals surface area contributed by atoms with Gasteiger partial charge >= 0.3 is 5.97 Å². The lowest BCUT2D eigenvalue weighted by Crippen LogP contribution is -2.32. The van der Waals surface area contributed by atoms with Crippen LogP contribution in [0, 0.1) is 0 Å². The van der Waals surface area contributed by atoms with Gasteiger partial charge in [0.25, 0.3) is 5.56 Å². The molecule has 6 heteroatoms. The number of aromatic amines is 1. The molecule has 0 aliphatic heterocycles. The second kappa shape index (κ2) is 3.93. The van der Waals surface area contributed by atoms with E-state index in [1.165, 1.54) is 12.1 Å². The molecule has 0 radical (unpaired) electrons. The average Bonchev–Trinajstić information content (AvgIpc) is 2.01. The molecule has 0 aromatic carbocycles. The van der Waals surface area contributed by atoms with E-state index in [4.69, 9.17) is 15.9 Å². The lowest BCUT2D eigenvalue weighted by atomic mass is 10.1. The van der Waals surface area contributed by atoms with Crippen molar-refractivity contribution in [2.24, 2.45) is 5.73 Å². The highest BCUT2D eigenvalue weighted by Crippen LogP contribution is 2.06.